The van der Waals surface area contributed by atoms with Crippen molar-refractivity contribution in [3.63, 3.8) is 0 Å². The Morgan fingerprint density at radius 1 is 1.50 bits per heavy atom. The number of nitrogens with one attached hydrogen (secondary N) is 1. The highest BCUT2D eigenvalue weighted by Crippen LogP contribution is 2.23. The second kappa shape index (κ2) is 6.25. The molecule has 10 heteroatoms. The Hall–Kier alpha value is -1.58. The summed E-state index contributed by atoms with van der Waals surface area (Å²) in [5, 5.41) is 10.5. The van der Waals surface area contributed by atoms with E-state index in [-0.39, 0.29) is 13.0 Å². The molecule has 1 saturated heterocycles. The maximum Gasteiger partial charge on any atom is 0.326 e. The summed E-state index contributed by atoms with van der Waals surface area (Å²) in [4.78, 5) is 23.3. The van der Waals surface area contributed by atoms with Crippen molar-refractivity contribution in [2.75, 3.05) is 20.2 Å². The molecule has 1 aliphatic rings. The van der Waals surface area contributed by atoms with Crippen LogP contribution in [0.15, 0.2) is 0 Å². The lowest BCUT2D eigenvalue weighted by molar-refractivity contribution is -0.141. The number of hydrogen-bond donors (Lipinski definition) is 2. The van der Waals surface area contributed by atoms with E-state index in [1.807, 2.05) is 0 Å². The summed E-state index contributed by atoms with van der Waals surface area (Å²) in [6, 6.07) is -2.38. The molecule has 1 rings (SSSR count). The number of carbonyl (C=O) groups is 2. The monoisotopic (exact) mass is 302 g/mol. The Bertz CT molecular complexity index is 380. The fraction of sp³-hybridized carbons (Fsp3) is 0.800. The fourth-order valence-corrected chi connectivity index (χ4v) is 1.80. The number of ether oxygens (including phenoxy) is 1. The van der Waals surface area contributed by atoms with E-state index in [2.05, 4.69) is 0 Å². The minimum Gasteiger partial charge on any atom is -0.480 e. The molecule has 2 N–H and O–H groups in total. The summed E-state index contributed by atoms with van der Waals surface area (Å²) in [5.74, 6) is -5.69. The number of rotatable bonds is 5. The summed E-state index contributed by atoms with van der Waals surface area (Å²) < 4.78 is 54.1. The van der Waals surface area contributed by atoms with E-state index in [0.29, 0.717) is 0 Å². The Labute approximate surface area is 111 Å². The zero-order valence-electron chi connectivity index (χ0n) is 10.5. The summed E-state index contributed by atoms with van der Waals surface area (Å²) in [7, 11) is 1.32. The van der Waals surface area contributed by atoms with Crippen molar-refractivity contribution in [2.24, 2.45) is 0 Å². The molecule has 6 nitrogen and oxygen atoms in total. The number of carboxylic acids is 1. The molecule has 20 heavy (non-hydrogen) atoms. The molecule has 116 valence electrons. The number of halogens is 4. The zero-order valence-corrected chi connectivity index (χ0v) is 10.5. The van der Waals surface area contributed by atoms with Gasteiger partial charge in [0, 0.05) is 20.1 Å². The van der Waals surface area contributed by atoms with Crippen molar-refractivity contribution in [1.82, 2.24) is 10.2 Å². The van der Waals surface area contributed by atoms with Crippen LogP contribution in [-0.2, 0) is 9.53 Å². The molecule has 0 bridgehead atoms. The topological polar surface area (TPSA) is 78.9 Å². The molecule has 0 aromatic carbocycles. The number of urea groups is 1. The standard InChI is InChI=1S/C10H14F4N2O4/c1-20-5-2-6(7(17)18)16(3-5)9(19)15-4-10(13,14)8(11)12/h5-6,8H,2-4H2,1H3,(H,15,19)(H,17,18). The van der Waals surface area contributed by atoms with Gasteiger partial charge in [-0.2, -0.15) is 8.78 Å². The van der Waals surface area contributed by atoms with Gasteiger partial charge in [0.05, 0.1) is 12.6 Å². The third kappa shape index (κ3) is 3.71. The first-order valence-corrected chi connectivity index (χ1v) is 5.65. The first kappa shape index (κ1) is 16.5. The van der Waals surface area contributed by atoms with Gasteiger partial charge in [-0.3, -0.25) is 0 Å². The molecule has 2 amide bonds. The first-order chi connectivity index (χ1) is 9.19. The SMILES string of the molecule is COC1CC(C(=O)O)N(C(=O)NCC(F)(F)C(F)F)C1. The van der Waals surface area contributed by atoms with Crippen molar-refractivity contribution >= 4 is 12.0 Å². The Morgan fingerprint density at radius 2 is 2.10 bits per heavy atom. The van der Waals surface area contributed by atoms with Gasteiger partial charge in [0.25, 0.3) is 0 Å². The van der Waals surface area contributed by atoms with Gasteiger partial charge in [-0.25, -0.2) is 18.4 Å². The number of aliphatic carboxylic acids is 1. The number of carbonyl (C=O) groups excluding carboxylic acids is 1. The van der Waals surface area contributed by atoms with Crippen LogP contribution in [0, 0.1) is 0 Å². The van der Waals surface area contributed by atoms with Gasteiger partial charge in [0.1, 0.15) is 6.04 Å². The van der Waals surface area contributed by atoms with Crippen molar-refractivity contribution in [2.45, 2.75) is 30.9 Å². The number of alkyl halides is 4. The van der Waals surface area contributed by atoms with Gasteiger partial charge < -0.3 is 20.1 Å². The van der Waals surface area contributed by atoms with Crippen LogP contribution in [0.25, 0.3) is 0 Å². The number of hydrogen-bond acceptors (Lipinski definition) is 3. The molecule has 0 spiro atoms. The normalized spacial score (nSPS) is 23.2. The Kier molecular flexibility index (Phi) is 5.15. The molecular formula is C10H14F4N2O4. The van der Waals surface area contributed by atoms with E-state index < -0.39 is 43.0 Å². The average Bonchev–Trinajstić information content (AvgIpc) is 2.80. The zero-order chi connectivity index (χ0) is 15.5. The van der Waals surface area contributed by atoms with E-state index in [4.69, 9.17) is 9.84 Å². The van der Waals surface area contributed by atoms with Crippen LogP contribution < -0.4 is 5.32 Å². The second-order valence-corrected chi connectivity index (χ2v) is 4.32. The molecule has 0 aromatic rings. The second-order valence-electron chi connectivity index (χ2n) is 4.32. The Balaban J connectivity index is 2.64. The van der Waals surface area contributed by atoms with Crippen LogP contribution in [0.5, 0.6) is 0 Å². The predicted molar refractivity (Wildman–Crippen MR) is 57.9 cm³/mol. The van der Waals surface area contributed by atoms with E-state index >= 15 is 0 Å². The third-order valence-electron chi connectivity index (χ3n) is 2.94. The van der Waals surface area contributed by atoms with E-state index in [9.17, 15) is 27.2 Å². The van der Waals surface area contributed by atoms with Gasteiger partial charge in [-0.1, -0.05) is 0 Å². The third-order valence-corrected chi connectivity index (χ3v) is 2.94. The molecule has 0 aliphatic carbocycles. The lowest BCUT2D eigenvalue weighted by Crippen LogP contribution is -2.50. The van der Waals surface area contributed by atoms with E-state index in [1.165, 1.54) is 7.11 Å². The summed E-state index contributed by atoms with van der Waals surface area (Å²) in [6.45, 7) is -1.68. The average molecular weight is 302 g/mol. The van der Waals surface area contributed by atoms with Gasteiger partial charge in [0.15, 0.2) is 0 Å². The quantitative estimate of drug-likeness (QED) is 0.735. The number of amides is 2. The van der Waals surface area contributed by atoms with Crippen molar-refractivity contribution < 1.29 is 37.0 Å². The van der Waals surface area contributed by atoms with Gasteiger partial charge in [-0.05, 0) is 0 Å². The van der Waals surface area contributed by atoms with Gasteiger partial charge in [-0.15, -0.1) is 0 Å². The highest BCUT2D eigenvalue weighted by Gasteiger charge is 2.43. The van der Waals surface area contributed by atoms with Crippen LogP contribution in [0.1, 0.15) is 6.42 Å². The van der Waals surface area contributed by atoms with Crippen molar-refractivity contribution in [3.05, 3.63) is 0 Å². The minimum atomic E-state index is -4.37. The largest absolute Gasteiger partial charge is 0.480 e. The number of likely N-dealkylation sites (tertiary alicyclic amines) is 1. The van der Waals surface area contributed by atoms with Crippen LogP contribution >= 0.6 is 0 Å². The van der Waals surface area contributed by atoms with E-state index in [0.717, 1.165) is 4.90 Å². The molecule has 0 aromatic heterocycles. The lowest BCUT2D eigenvalue weighted by atomic mass is 10.2. The highest BCUT2D eigenvalue weighted by atomic mass is 19.3. The van der Waals surface area contributed by atoms with Crippen molar-refractivity contribution in [1.29, 1.82) is 0 Å². The van der Waals surface area contributed by atoms with Crippen LogP contribution in [-0.4, -0.2) is 66.7 Å². The maximum atomic E-state index is 12.7. The maximum absolute atomic E-state index is 12.7. The smallest absolute Gasteiger partial charge is 0.326 e. The predicted octanol–water partition coefficient (Wildman–Crippen LogP) is 0.770. The molecule has 2 unspecified atom stereocenters. The number of nitrogens with zero attached hydrogens (tertiary/aromatic N) is 1. The van der Waals surface area contributed by atoms with Crippen LogP contribution in [0.2, 0.25) is 0 Å². The van der Waals surface area contributed by atoms with Crippen molar-refractivity contribution in [3.8, 4) is 0 Å². The molecular weight excluding hydrogens is 288 g/mol. The molecule has 0 radical (unpaired) electrons. The van der Waals surface area contributed by atoms with E-state index in [1.54, 1.807) is 5.32 Å². The Morgan fingerprint density at radius 3 is 2.55 bits per heavy atom. The summed E-state index contributed by atoms with van der Waals surface area (Å²) in [5.41, 5.74) is 0. The molecule has 1 fully saturated rings. The number of methoxy groups -OCH3 is 1. The molecule has 1 heterocycles. The number of carboxylic acid groups (broad SMARTS) is 1. The summed E-state index contributed by atoms with van der Waals surface area (Å²) >= 11 is 0. The lowest BCUT2D eigenvalue weighted by Gasteiger charge is -2.23. The molecule has 1 aliphatic heterocycles. The first-order valence-electron chi connectivity index (χ1n) is 5.65. The van der Waals surface area contributed by atoms with Crippen LogP contribution in [0.4, 0.5) is 22.4 Å². The summed E-state index contributed by atoms with van der Waals surface area (Å²) in [6.07, 6.45) is -4.45. The van der Waals surface area contributed by atoms with Crippen LogP contribution in [0.3, 0.4) is 0 Å². The highest BCUT2D eigenvalue weighted by molar-refractivity contribution is 5.83. The molecule has 2 atom stereocenters. The minimum absolute atomic E-state index is 0.00446. The molecule has 0 saturated carbocycles. The van der Waals surface area contributed by atoms with Gasteiger partial charge in [0.2, 0.25) is 0 Å². The fourth-order valence-electron chi connectivity index (χ4n) is 1.80. The van der Waals surface area contributed by atoms with Gasteiger partial charge >= 0.3 is 24.3 Å².